The molecular weight excluding hydrogens is 197 g/mol. The van der Waals surface area contributed by atoms with Gasteiger partial charge in [0, 0.05) is 0 Å². The maximum absolute atomic E-state index is 10.5. The number of aliphatic carboxylic acids is 1. The fraction of sp³-hybridized carbons (Fsp3) is 0.833. The fourth-order valence-electron chi connectivity index (χ4n) is 1.41. The number of carboxylic acids is 1. The summed E-state index contributed by atoms with van der Waals surface area (Å²) in [6.07, 6.45) is 0.247. The number of carbonyl (C=O) groups is 1. The standard InChI is InChI=1S/C6H12NO5P/c7-5(6(8)9)4-1-3(4)2-13(10,11)12/h3-5H,1-2,7H2,(H,8,9)(H2,10,11,12). The molecule has 5 N–H and O–H groups in total. The summed E-state index contributed by atoms with van der Waals surface area (Å²) in [7, 11) is -4.02. The molecule has 1 fully saturated rings. The molecule has 0 saturated heterocycles. The lowest BCUT2D eigenvalue weighted by molar-refractivity contribution is -0.139. The molecule has 1 aliphatic rings. The molecule has 1 rings (SSSR count). The average Bonchev–Trinajstić information content (AvgIpc) is 2.62. The molecule has 76 valence electrons. The van der Waals surface area contributed by atoms with Gasteiger partial charge in [0.2, 0.25) is 0 Å². The van der Waals surface area contributed by atoms with Gasteiger partial charge >= 0.3 is 13.6 Å². The molecule has 0 aromatic rings. The van der Waals surface area contributed by atoms with Crippen LogP contribution in [0.25, 0.3) is 0 Å². The summed E-state index contributed by atoms with van der Waals surface area (Å²) < 4.78 is 10.5. The lowest BCUT2D eigenvalue weighted by Gasteiger charge is -2.05. The van der Waals surface area contributed by atoms with Gasteiger partial charge in [0.15, 0.2) is 0 Å². The monoisotopic (exact) mass is 209 g/mol. The third kappa shape index (κ3) is 3.08. The number of rotatable bonds is 4. The highest BCUT2D eigenvalue weighted by Gasteiger charge is 2.46. The molecule has 0 heterocycles. The third-order valence-corrected chi connectivity index (χ3v) is 3.14. The molecule has 0 amide bonds. The molecule has 13 heavy (non-hydrogen) atoms. The van der Waals surface area contributed by atoms with E-state index in [1.807, 2.05) is 0 Å². The van der Waals surface area contributed by atoms with Crippen LogP contribution >= 0.6 is 7.60 Å². The zero-order valence-corrected chi connectivity index (χ0v) is 7.72. The average molecular weight is 209 g/mol. The minimum atomic E-state index is -4.02. The van der Waals surface area contributed by atoms with Gasteiger partial charge in [-0.25, -0.2) is 0 Å². The van der Waals surface area contributed by atoms with Crippen molar-refractivity contribution in [1.29, 1.82) is 0 Å². The van der Waals surface area contributed by atoms with Gasteiger partial charge in [-0.1, -0.05) is 0 Å². The van der Waals surface area contributed by atoms with E-state index in [0.717, 1.165) is 0 Å². The van der Waals surface area contributed by atoms with Crippen LogP contribution < -0.4 is 5.73 Å². The van der Waals surface area contributed by atoms with E-state index in [1.54, 1.807) is 0 Å². The molecular formula is C6H12NO5P. The van der Waals surface area contributed by atoms with Crippen LogP contribution in [-0.4, -0.2) is 33.1 Å². The first-order valence-electron chi connectivity index (χ1n) is 3.84. The van der Waals surface area contributed by atoms with Gasteiger partial charge in [0.05, 0.1) is 6.16 Å². The Labute approximate surface area is 74.9 Å². The Morgan fingerprint density at radius 1 is 1.62 bits per heavy atom. The SMILES string of the molecule is NC(C(=O)O)C1CC1CP(=O)(O)O. The minimum absolute atomic E-state index is 0.230. The van der Waals surface area contributed by atoms with E-state index in [9.17, 15) is 9.36 Å². The Morgan fingerprint density at radius 2 is 2.15 bits per heavy atom. The van der Waals surface area contributed by atoms with Crippen LogP contribution in [0.15, 0.2) is 0 Å². The second-order valence-electron chi connectivity index (χ2n) is 3.37. The molecule has 0 radical (unpaired) electrons. The van der Waals surface area contributed by atoms with E-state index in [-0.39, 0.29) is 18.0 Å². The maximum atomic E-state index is 10.5. The van der Waals surface area contributed by atoms with Gasteiger partial charge in [-0.05, 0) is 18.3 Å². The van der Waals surface area contributed by atoms with Gasteiger partial charge in [-0.3, -0.25) is 9.36 Å². The van der Waals surface area contributed by atoms with E-state index in [4.69, 9.17) is 20.6 Å². The van der Waals surface area contributed by atoms with Crippen molar-refractivity contribution in [2.75, 3.05) is 6.16 Å². The molecule has 0 spiro atoms. The smallest absolute Gasteiger partial charge is 0.325 e. The summed E-state index contributed by atoms with van der Waals surface area (Å²) in [5.74, 6) is -1.62. The molecule has 1 aliphatic carbocycles. The Morgan fingerprint density at radius 3 is 2.54 bits per heavy atom. The lowest BCUT2D eigenvalue weighted by atomic mass is 10.2. The zero-order chi connectivity index (χ0) is 10.2. The van der Waals surface area contributed by atoms with Crippen LogP contribution in [0, 0.1) is 11.8 Å². The van der Waals surface area contributed by atoms with Gasteiger partial charge in [-0.2, -0.15) is 0 Å². The summed E-state index contributed by atoms with van der Waals surface area (Å²) in [4.78, 5) is 27.6. The lowest BCUT2D eigenvalue weighted by Crippen LogP contribution is -2.33. The molecule has 7 heteroatoms. The van der Waals surface area contributed by atoms with Crippen molar-refractivity contribution in [2.45, 2.75) is 12.5 Å². The summed E-state index contributed by atoms with van der Waals surface area (Å²) in [6.45, 7) is 0. The van der Waals surface area contributed by atoms with E-state index in [2.05, 4.69) is 0 Å². The largest absolute Gasteiger partial charge is 0.480 e. The van der Waals surface area contributed by atoms with E-state index in [1.165, 1.54) is 0 Å². The molecule has 0 aromatic heterocycles. The van der Waals surface area contributed by atoms with Crippen molar-refractivity contribution >= 4 is 13.6 Å². The normalized spacial score (nSPS) is 29.8. The number of carboxylic acid groups (broad SMARTS) is 1. The maximum Gasteiger partial charge on any atom is 0.325 e. The van der Waals surface area contributed by atoms with Crippen molar-refractivity contribution in [3.05, 3.63) is 0 Å². The fourth-order valence-corrected chi connectivity index (χ4v) is 2.44. The van der Waals surface area contributed by atoms with Crippen LogP contribution in [0.5, 0.6) is 0 Å². The van der Waals surface area contributed by atoms with Crippen molar-refractivity contribution in [2.24, 2.45) is 17.6 Å². The third-order valence-electron chi connectivity index (χ3n) is 2.20. The van der Waals surface area contributed by atoms with Crippen molar-refractivity contribution in [1.82, 2.24) is 0 Å². The first-order chi connectivity index (χ1) is 5.81. The quantitative estimate of drug-likeness (QED) is 0.450. The highest BCUT2D eigenvalue weighted by molar-refractivity contribution is 7.51. The first kappa shape index (κ1) is 10.7. The summed E-state index contributed by atoms with van der Waals surface area (Å²) in [5, 5.41) is 8.49. The van der Waals surface area contributed by atoms with Crippen molar-refractivity contribution in [3.63, 3.8) is 0 Å². The van der Waals surface area contributed by atoms with Crippen LogP contribution in [0.2, 0.25) is 0 Å². The predicted octanol–water partition coefficient (Wildman–Crippen LogP) is -0.788. The topological polar surface area (TPSA) is 121 Å². The van der Waals surface area contributed by atoms with Gasteiger partial charge in [0.25, 0.3) is 0 Å². The number of hydrogen-bond acceptors (Lipinski definition) is 3. The van der Waals surface area contributed by atoms with E-state index in [0.29, 0.717) is 6.42 Å². The molecule has 3 atom stereocenters. The van der Waals surface area contributed by atoms with Crippen LogP contribution in [0.4, 0.5) is 0 Å². The Bertz CT molecular complexity index is 262. The Kier molecular flexibility index (Phi) is 2.77. The Hall–Kier alpha value is -0.420. The molecule has 0 bridgehead atoms. The Balaban J connectivity index is 2.39. The zero-order valence-electron chi connectivity index (χ0n) is 6.83. The predicted molar refractivity (Wildman–Crippen MR) is 44.1 cm³/mol. The highest BCUT2D eigenvalue weighted by atomic mass is 31.2. The van der Waals surface area contributed by atoms with Crippen LogP contribution in [0.3, 0.4) is 0 Å². The second kappa shape index (κ2) is 3.38. The molecule has 0 aliphatic heterocycles. The van der Waals surface area contributed by atoms with Crippen LogP contribution in [-0.2, 0) is 9.36 Å². The summed E-state index contributed by atoms with van der Waals surface area (Å²) >= 11 is 0. The van der Waals surface area contributed by atoms with Crippen LogP contribution in [0.1, 0.15) is 6.42 Å². The summed E-state index contributed by atoms with van der Waals surface area (Å²) in [6, 6.07) is -0.989. The van der Waals surface area contributed by atoms with Crippen molar-refractivity contribution < 1.29 is 24.3 Å². The van der Waals surface area contributed by atoms with E-state index >= 15 is 0 Å². The second-order valence-corrected chi connectivity index (χ2v) is 5.07. The number of hydrogen-bond donors (Lipinski definition) is 4. The van der Waals surface area contributed by atoms with Crippen molar-refractivity contribution in [3.8, 4) is 0 Å². The minimum Gasteiger partial charge on any atom is -0.480 e. The summed E-state index contributed by atoms with van der Waals surface area (Å²) in [5.41, 5.74) is 5.28. The first-order valence-corrected chi connectivity index (χ1v) is 5.64. The number of nitrogens with two attached hydrogens (primary N) is 1. The molecule has 1 saturated carbocycles. The van der Waals surface area contributed by atoms with E-state index < -0.39 is 19.6 Å². The molecule has 6 nitrogen and oxygen atoms in total. The highest BCUT2D eigenvalue weighted by Crippen LogP contribution is 2.50. The van der Waals surface area contributed by atoms with Gasteiger partial charge in [-0.15, -0.1) is 0 Å². The van der Waals surface area contributed by atoms with Gasteiger partial charge in [0.1, 0.15) is 6.04 Å². The molecule has 0 aromatic carbocycles. The van der Waals surface area contributed by atoms with Gasteiger partial charge < -0.3 is 20.6 Å². The molecule has 3 unspecified atom stereocenters.